The fraction of sp³-hybridized carbons (Fsp3) is 0.0833. The van der Waals surface area contributed by atoms with E-state index in [1.165, 1.54) is 0 Å². The minimum atomic E-state index is -1.58. The van der Waals surface area contributed by atoms with Crippen LogP contribution in [0.2, 0.25) is 5.02 Å². The van der Waals surface area contributed by atoms with Gasteiger partial charge in [0.05, 0.1) is 11.9 Å². The SMILES string of the molecule is C=Cc1ccc(Cl)cc1-c1cnc(C(Cl)(Cl)Cl)[nH]1. The first-order valence-electron chi connectivity index (χ1n) is 4.96. The van der Waals surface area contributed by atoms with Gasteiger partial charge in [-0.15, -0.1) is 0 Å². The van der Waals surface area contributed by atoms with Crippen LogP contribution in [-0.4, -0.2) is 9.97 Å². The molecular weight excluding hydrogens is 314 g/mol. The summed E-state index contributed by atoms with van der Waals surface area (Å²) in [4.78, 5) is 7.00. The van der Waals surface area contributed by atoms with Gasteiger partial charge < -0.3 is 4.98 Å². The van der Waals surface area contributed by atoms with Crippen molar-refractivity contribution in [2.45, 2.75) is 3.79 Å². The lowest BCUT2D eigenvalue weighted by Gasteiger charge is -2.07. The van der Waals surface area contributed by atoms with Gasteiger partial charge in [-0.2, -0.15) is 0 Å². The molecule has 0 aliphatic rings. The second-order valence-corrected chi connectivity index (χ2v) is 6.30. The third-order valence-corrected chi connectivity index (χ3v) is 3.14. The van der Waals surface area contributed by atoms with Gasteiger partial charge in [-0.3, -0.25) is 0 Å². The molecule has 1 N–H and O–H groups in total. The molecular formula is C12H8Cl4N2. The largest absolute Gasteiger partial charge is 0.338 e. The third-order valence-electron chi connectivity index (χ3n) is 2.37. The lowest BCUT2D eigenvalue weighted by atomic mass is 10.1. The van der Waals surface area contributed by atoms with Crippen LogP contribution in [0.4, 0.5) is 0 Å². The molecule has 0 aliphatic heterocycles. The number of rotatable bonds is 2. The number of aromatic nitrogens is 2. The highest BCUT2D eigenvalue weighted by Gasteiger charge is 2.26. The molecule has 0 aliphatic carbocycles. The van der Waals surface area contributed by atoms with Crippen molar-refractivity contribution < 1.29 is 0 Å². The quantitative estimate of drug-likeness (QED) is 0.757. The van der Waals surface area contributed by atoms with Gasteiger partial charge in [0.15, 0.2) is 5.82 Å². The predicted octanol–water partition coefficient (Wildman–Crippen LogP) is 5.20. The molecule has 18 heavy (non-hydrogen) atoms. The minimum absolute atomic E-state index is 0.262. The van der Waals surface area contributed by atoms with Crippen molar-refractivity contribution >= 4 is 52.5 Å². The van der Waals surface area contributed by atoms with Crippen molar-refractivity contribution in [1.82, 2.24) is 9.97 Å². The van der Waals surface area contributed by atoms with E-state index in [2.05, 4.69) is 16.5 Å². The summed E-state index contributed by atoms with van der Waals surface area (Å²) >= 11 is 23.2. The number of nitrogens with zero attached hydrogens (tertiary/aromatic N) is 1. The van der Waals surface area contributed by atoms with Crippen molar-refractivity contribution in [2.24, 2.45) is 0 Å². The maximum atomic E-state index is 5.97. The summed E-state index contributed by atoms with van der Waals surface area (Å²) in [5.41, 5.74) is 2.48. The molecule has 0 saturated heterocycles. The molecule has 1 aromatic heterocycles. The summed E-state index contributed by atoms with van der Waals surface area (Å²) in [5, 5.41) is 0.612. The number of hydrogen-bond donors (Lipinski definition) is 1. The topological polar surface area (TPSA) is 28.7 Å². The fourth-order valence-electron chi connectivity index (χ4n) is 1.54. The molecule has 2 rings (SSSR count). The summed E-state index contributed by atoms with van der Waals surface area (Å²) in [5.74, 6) is 0.262. The van der Waals surface area contributed by atoms with E-state index in [4.69, 9.17) is 46.4 Å². The van der Waals surface area contributed by atoms with Crippen LogP contribution in [0.3, 0.4) is 0 Å². The molecule has 0 bridgehead atoms. The Hall–Kier alpha value is -0.670. The highest BCUT2D eigenvalue weighted by molar-refractivity contribution is 6.66. The second kappa shape index (κ2) is 5.14. The number of alkyl halides is 3. The van der Waals surface area contributed by atoms with Crippen LogP contribution < -0.4 is 0 Å². The molecule has 1 heterocycles. The van der Waals surface area contributed by atoms with E-state index in [0.29, 0.717) is 10.7 Å². The van der Waals surface area contributed by atoms with E-state index in [1.54, 1.807) is 24.4 Å². The zero-order valence-corrected chi connectivity index (χ0v) is 12.1. The Morgan fingerprint density at radius 2 is 2.00 bits per heavy atom. The van der Waals surface area contributed by atoms with Crippen LogP contribution in [0.1, 0.15) is 11.4 Å². The normalized spacial score (nSPS) is 11.6. The smallest absolute Gasteiger partial charge is 0.248 e. The number of aromatic amines is 1. The van der Waals surface area contributed by atoms with Crippen LogP contribution in [0.25, 0.3) is 17.3 Å². The summed E-state index contributed by atoms with van der Waals surface area (Å²) in [6, 6.07) is 5.45. The maximum Gasteiger partial charge on any atom is 0.248 e. The van der Waals surface area contributed by atoms with Crippen LogP contribution in [0.15, 0.2) is 31.0 Å². The third kappa shape index (κ3) is 2.83. The standard InChI is InChI=1S/C12H8Cl4N2/c1-2-7-3-4-8(13)5-9(7)10-6-17-11(18-10)12(14,15)16/h2-6H,1H2,(H,17,18). The van der Waals surface area contributed by atoms with Crippen LogP contribution >= 0.6 is 46.4 Å². The van der Waals surface area contributed by atoms with Gasteiger partial charge in [-0.1, -0.05) is 65.1 Å². The lowest BCUT2D eigenvalue weighted by Crippen LogP contribution is -2.02. The number of hydrogen-bond acceptors (Lipinski definition) is 1. The van der Waals surface area contributed by atoms with Crippen molar-refractivity contribution in [1.29, 1.82) is 0 Å². The van der Waals surface area contributed by atoms with E-state index in [0.717, 1.165) is 11.1 Å². The van der Waals surface area contributed by atoms with Crippen LogP contribution in [0, 0.1) is 0 Å². The predicted molar refractivity (Wildman–Crippen MR) is 78.4 cm³/mol. The second-order valence-electron chi connectivity index (χ2n) is 3.58. The molecule has 2 nitrogen and oxygen atoms in total. The molecule has 0 spiro atoms. The summed E-state index contributed by atoms with van der Waals surface area (Å²) in [6.45, 7) is 3.75. The average Bonchev–Trinajstić information content (AvgIpc) is 2.77. The molecule has 0 atom stereocenters. The molecule has 0 saturated carbocycles. The number of H-pyrrole nitrogens is 1. The number of imidazole rings is 1. The van der Waals surface area contributed by atoms with Crippen LogP contribution in [-0.2, 0) is 3.79 Å². The van der Waals surface area contributed by atoms with E-state index >= 15 is 0 Å². The van der Waals surface area contributed by atoms with Gasteiger partial charge in [0.2, 0.25) is 3.79 Å². The Morgan fingerprint density at radius 3 is 2.56 bits per heavy atom. The first-order chi connectivity index (χ1) is 8.41. The molecule has 2 aromatic rings. The highest BCUT2D eigenvalue weighted by Crippen LogP contribution is 2.37. The van der Waals surface area contributed by atoms with Gasteiger partial charge >= 0.3 is 0 Å². The van der Waals surface area contributed by atoms with E-state index in [-0.39, 0.29) is 5.82 Å². The Labute approximate surface area is 125 Å². The minimum Gasteiger partial charge on any atom is -0.338 e. The Balaban J connectivity index is 2.52. The van der Waals surface area contributed by atoms with Crippen molar-refractivity contribution in [3.8, 4) is 11.3 Å². The fourth-order valence-corrected chi connectivity index (χ4v) is 2.00. The van der Waals surface area contributed by atoms with E-state index < -0.39 is 3.79 Å². The van der Waals surface area contributed by atoms with Gasteiger partial charge in [0.1, 0.15) is 0 Å². The molecule has 94 valence electrons. The molecule has 6 heteroatoms. The van der Waals surface area contributed by atoms with E-state index in [9.17, 15) is 0 Å². The zero-order chi connectivity index (χ0) is 13.3. The number of nitrogens with one attached hydrogen (secondary N) is 1. The average molecular weight is 322 g/mol. The Morgan fingerprint density at radius 1 is 1.28 bits per heavy atom. The Bertz CT molecular complexity index is 584. The zero-order valence-electron chi connectivity index (χ0n) is 9.05. The highest BCUT2D eigenvalue weighted by atomic mass is 35.6. The van der Waals surface area contributed by atoms with Gasteiger partial charge in [-0.25, -0.2) is 4.98 Å². The molecule has 1 aromatic carbocycles. The van der Waals surface area contributed by atoms with Gasteiger partial charge in [0.25, 0.3) is 0 Å². The maximum absolute atomic E-state index is 5.97. The lowest BCUT2D eigenvalue weighted by molar-refractivity contribution is 1.03. The van der Waals surface area contributed by atoms with Crippen molar-refractivity contribution in [3.05, 3.63) is 47.4 Å². The first kappa shape index (κ1) is 13.8. The van der Waals surface area contributed by atoms with Crippen molar-refractivity contribution in [3.63, 3.8) is 0 Å². The number of halogens is 4. The molecule has 0 amide bonds. The van der Waals surface area contributed by atoms with E-state index in [1.807, 2.05) is 6.07 Å². The van der Waals surface area contributed by atoms with Crippen LogP contribution in [0.5, 0.6) is 0 Å². The van der Waals surface area contributed by atoms with Crippen molar-refractivity contribution in [2.75, 3.05) is 0 Å². The molecule has 0 radical (unpaired) electrons. The molecule has 0 fully saturated rings. The summed E-state index contributed by atoms with van der Waals surface area (Å²) in [7, 11) is 0. The number of benzene rings is 1. The summed E-state index contributed by atoms with van der Waals surface area (Å²) in [6.07, 6.45) is 3.32. The first-order valence-corrected chi connectivity index (χ1v) is 6.47. The summed E-state index contributed by atoms with van der Waals surface area (Å²) < 4.78 is -1.58. The molecule has 0 unspecified atom stereocenters. The van der Waals surface area contributed by atoms with Gasteiger partial charge in [0, 0.05) is 10.6 Å². The Kier molecular flexibility index (Phi) is 3.93. The van der Waals surface area contributed by atoms with Gasteiger partial charge in [-0.05, 0) is 17.7 Å². The monoisotopic (exact) mass is 320 g/mol.